The maximum absolute atomic E-state index is 12.5. The molecule has 20 heavy (non-hydrogen) atoms. The smallest absolute Gasteiger partial charge is 0.239 e. The van der Waals surface area contributed by atoms with Gasteiger partial charge in [0.25, 0.3) is 0 Å². The summed E-state index contributed by atoms with van der Waals surface area (Å²) >= 11 is 0. The summed E-state index contributed by atoms with van der Waals surface area (Å²) in [7, 11) is -2.00. The fourth-order valence-corrected chi connectivity index (χ4v) is 3.98. The Labute approximate surface area is 119 Å². The lowest BCUT2D eigenvalue weighted by molar-refractivity contribution is -0.124. The van der Waals surface area contributed by atoms with Gasteiger partial charge in [-0.15, -0.1) is 0 Å². The number of piperazine rings is 1. The van der Waals surface area contributed by atoms with Crippen LogP contribution in [0.5, 0.6) is 0 Å². The van der Waals surface area contributed by atoms with Crippen LogP contribution in [0.2, 0.25) is 0 Å². The van der Waals surface area contributed by atoms with Crippen LogP contribution >= 0.6 is 0 Å². The maximum atomic E-state index is 12.5. The lowest BCUT2D eigenvalue weighted by Crippen LogP contribution is -2.59. The van der Waals surface area contributed by atoms with Crippen LogP contribution in [0.4, 0.5) is 0 Å². The zero-order valence-electron chi connectivity index (χ0n) is 11.4. The summed E-state index contributed by atoms with van der Waals surface area (Å²) in [6.45, 7) is 1.21. The standard InChI is InChI=1S/C13H19N3O3S/c1-14-13(17)12-9-15-7-8-16(12)20(18,19)10-11-5-3-2-4-6-11/h2-6,12,15H,7-10H2,1H3,(H,14,17). The van der Waals surface area contributed by atoms with E-state index in [2.05, 4.69) is 10.6 Å². The maximum Gasteiger partial charge on any atom is 0.239 e. The number of rotatable bonds is 4. The lowest BCUT2D eigenvalue weighted by Gasteiger charge is -2.33. The van der Waals surface area contributed by atoms with Gasteiger partial charge >= 0.3 is 0 Å². The number of nitrogens with zero attached hydrogens (tertiary/aromatic N) is 1. The van der Waals surface area contributed by atoms with Gasteiger partial charge in [0.1, 0.15) is 6.04 Å². The fraction of sp³-hybridized carbons (Fsp3) is 0.462. The number of nitrogens with one attached hydrogen (secondary N) is 2. The van der Waals surface area contributed by atoms with Crippen LogP contribution in [-0.2, 0) is 20.6 Å². The Balaban J connectivity index is 2.20. The van der Waals surface area contributed by atoms with Crippen LogP contribution in [-0.4, -0.2) is 51.4 Å². The van der Waals surface area contributed by atoms with Crippen molar-refractivity contribution in [3.63, 3.8) is 0 Å². The topological polar surface area (TPSA) is 78.5 Å². The molecule has 1 heterocycles. The number of carbonyl (C=O) groups excluding carboxylic acids is 1. The zero-order chi connectivity index (χ0) is 14.6. The molecule has 1 unspecified atom stereocenters. The molecule has 0 radical (unpaired) electrons. The van der Waals surface area contributed by atoms with E-state index in [1.165, 1.54) is 11.4 Å². The van der Waals surface area contributed by atoms with E-state index in [0.717, 1.165) is 5.56 Å². The molecular weight excluding hydrogens is 278 g/mol. The molecule has 2 N–H and O–H groups in total. The minimum atomic E-state index is -3.51. The number of likely N-dealkylation sites (N-methyl/N-ethyl adjacent to an activating group) is 1. The van der Waals surface area contributed by atoms with Crippen LogP contribution in [0.3, 0.4) is 0 Å². The Bertz CT molecular complexity index is 559. The highest BCUT2D eigenvalue weighted by Crippen LogP contribution is 2.15. The number of sulfonamides is 1. The average molecular weight is 297 g/mol. The van der Waals surface area contributed by atoms with Gasteiger partial charge in [0.15, 0.2) is 0 Å². The summed E-state index contributed by atoms with van der Waals surface area (Å²) in [4.78, 5) is 11.8. The predicted octanol–water partition coefficient (Wildman–Crippen LogP) is -0.464. The third-order valence-corrected chi connectivity index (χ3v) is 5.14. The number of benzene rings is 1. The van der Waals surface area contributed by atoms with Crippen LogP contribution in [0.25, 0.3) is 0 Å². The summed E-state index contributed by atoms with van der Waals surface area (Å²) in [6.07, 6.45) is 0. The first-order chi connectivity index (χ1) is 9.54. The quantitative estimate of drug-likeness (QED) is 0.788. The van der Waals surface area contributed by atoms with Crippen molar-refractivity contribution in [2.24, 2.45) is 0 Å². The van der Waals surface area contributed by atoms with Crippen LogP contribution in [0.1, 0.15) is 5.56 Å². The highest BCUT2D eigenvalue weighted by Gasteiger charge is 2.36. The Morgan fingerprint density at radius 2 is 2.10 bits per heavy atom. The first-order valence-electron chi connectivity index (χ1n) is 6.50. The van der Waals surface area contributed by atoms with Gasteiger partial charge in [-0.05, 0) is 5.56 Å². The summed E-state index contributed by atoms with van der Waals surface area (Å²) in [5.74, 6) is -0.365. The van der Waals surface area contributed by atoms with Crippen molar-refractivity contribution in [2.45, 2.75) is 11.8 Å². The van der Waals surface area contributed by atoms with Crippen molar-refractivity contribution in [3.05, 3.63) is 35.9 Å². The molecule has 0 bridgehead atoms. The SMILES string of the molecule is CNC(=O)C1CNCCN1S(=O)(=O)Cc1ccccc1. The molecule has 0 aromatic heterocycles. The van der Waals surface area contributed by atoms with Gasteiger partial charge < -0.3 is 10.6 Å². The van der Waals surface area contributed by atoms with Gasteiger partial charge in [-0.2, -0.15) is 4.31 Å². The normalized spacial score (nSPS) is 20.6. The molecule has 0 saturated carbocycles. The van der Waals surface area contributed by atoms with Gasteiger partial charge in [-0.3, -0.25) is 4.79 Å². The summed E-state index contributed by atoms with van der Waals surface area (Å²) in [6, 6.07) is 8.32. The predicted molar refractivity (Wildman–Crippen MR) is 76.5 cm³/mol. The molecule has 1 aliphatic rings. The Kier molecular flexibility index (Phi) is 4.74. The van der Waals surface area contributed by atoms with Gasteiger partial charge in [0.05, 0.1) is 5.75 Å². The number of carbonyl (C=O) groups is 1. The summed E-state index contributed by atoms with van der Waals surface area (Å²) in [5, 5.41) is 5.56. The summed E-state index contributed by atoms with van der Waals surface area (Å²) in [5.41, 5.74) is 0.724. The average Bonchev–Trinajstić information content (AvgIpc) is 2.47. The molecule has 1 aromatic rings. The number of hydrogen-bond acceptors (Lipinski definition) is 4. The van der Waals surface area contributed by atoms with Crippen molar-refractivity contribution in [1.29, 1.82) is 0 Å². The van der Waals surface area contributed by atoms with Gasteiger partial charge in [0, 0.05) is 26.7 Å². The minimum absolute atomic E-state index is 0.0820. The van der Waals surface area contributed by atoms with E-state index < -0.39 is 16.1 Å². The van der Waals surface area contributed by atoms with E-state index in [9.17, 15) is 13.2 Å². The molecule has 1 fully saturated rings. The Morgan fingerprint density at radius 3 is 2.75 bits per heavy atom. The van der Waals surface area contributed by atoms with Crippen molar-refractivity contribution in [3.8, 4) is 0 Å². The number of hydrogen-bond donors (Lipinski definition) is 2. The van der Waals surface area contributed by atoms with Gasteiger partial charge in [-0.1, -0.05) is 30.3 Å². The second-order valence-corrected chi connectivity index (χ2v) is 6.61. The van der Waals surface area contributed by atoms with Crippen molar-refractivity contribution >= 4 is 15.9 Å². The third-order valence-electron chi connectivity index (χ3n) is 3.29. The fourth-order valence-electron chi connectivity index (χ4n) is 2.28. The molecule has 6 nitrogen and oxygen atoms in total. The van der Waals surface area contributed by atoms with Crippen molar-refractivity contribution < 1.29 is 13.2 Å². The molecule has 110 valence electrons. The van der Waals surface area contributed by atoms with Gasteiger partial charge in [-0.25, -0.2) is 8.42 Å². The van der Waals surface area contributed by atoms with E-state index in [0.29, 0.717) is 19.6 Å². The molecular formula is C13H19N3O3S. The van der Waals surface area contributed by atoms with E-state index >= 15 is 0 Å². The first kappa shape index (κ1) is 15.0. The molecule has 0 spiro atoms. The van der Waals surface area contributed by atoms with Gasteiger partial charge in [0.2, 0.25) is 15.9 Å². The molecule has 7 heteroatoms. The lowest BCUT2D eigenvalue weighted by atomic mass is 10.2. The molecule has 1 aliphatic heterocycles. The van der Waals surface area contributed by atoms with E-state index in [-0.39, 0.29) is 11.7 Å². The molecule has 1 atom stereocenters. The molecule has 0 aliphatic carbocycles. The monoisotopic (exact) mass is 297 g/mol. The Hall–Kier alpha value is -1.44. The second kappa shape index (κ2) is 6.34. The van der Waals surface area contributed by atoms with Crippen molar-refractivity contribution in [1.82, 2.24) is 14.9 Å². The third kappa shape index (κ3) is 3.36. The molecule has 1 saturated heterocycles. The molecule has 1 aromatic carbocycles. The largest absolute Gasteiger partial charge is 0.358 e. The minimum Gasteiger partial charge on any atom is -0.358 e. The van der Waals surface area contributed by atoms with Crippen LogP contribution < -0.4 is 10.6 Å². The highest BCUT2D eigenvalue weighted by atomic mass is 32.2. The van der Waals surface area contributed by atoms with E-state index in [1.54, 1.807) is 24.3 Å². The van der Waals surface area contributed by atoms with E-state index in [4.69, 9.17) is 0 Å². The first-order valence-corrected chi connectivity index (χ1v) is 8.11. The van der Waals surface area contributed by atoms with Crippen molar-refractivity contribution in [2.75, 3.05) is 26.7 Å². The van der Waals surface area contributed by atoms with Crippen LogP contribution in [0.15, 0.2) is 30.3 Å². The molecule has 1 amide bonds. The Morgan fingerprint density at radius 1 is 1.40 bits per heavy atom. The zero-order valence-corrected chi connectivity index (χ0v) is 12.2. The second-order valence-electron chi connectivity index (χ2n) is 4.69. The van der Waals surface area contributed by atoms with E-state index in [1.807, 2.05) is 6.07 Å². The highest BCUT2D eigenvalue weighted by molar-refractivity contribution is 7.88. The molecule has 2 rings (SSSR count). The number of amides is 1. The van der Waals surface area contributed by atoms with Crippen LogP contribution in [0, 0.1) is 0 Å². The summed E-state index contributed by atoms with van der Waals surface area (Å²) < 4.78 is 26.3.